The normalized spacial score (nSPS) is 17.5. The van der Waals surface area contributed by atoms with Crippen LogP contribution in [0.15, 0.2) is 37.1 Å². The lowest BCUT2D eigenvalue weighted by molar-refractivity contribution is -0.111. The number of morpholine rings is 1. The Hall–Kier alpha value is -3.43. The lowest BCUT2D eigenvalue weighted by atomic mass is 10.1. The number of nitrogens with one attached hydrogen (secondary N) is 2. The molecule has 0 radical (unpaired) electrons. The van der Waals surface area contributed by atoms with Gasteiger partial charge in [-0.2, -0.15) is 9.40 Å². The first-order valence-corrected chi connectivity index (χ1v) is 15.7. The van der Waals surface area contributed by atoms with Gasteiger partial charge in [0.05, 0.1) is 41.4 Å². The molecule has 1 amide bonds. The second-order valence-corrected chi connectivity index (χ2v) is 13.0. The van der Waals surface area contributed by atoms with E-state index in [1.165, 1.54) is 16.6 Å². The third kappa shape index (κ3) is 5.45. The summed E-state index contributed by atoms with van der Waals surface area (Å²) in [6, 6.07) is 5.78. The Morgan fingerprint density at radius 1 is 1.15 bits per heavy atom. The fourth-order valence-electron chi connectivity index (χ4n) is 5.09. The van der Waals surface area contributed by atoms with Gasteiger partial charge in [0.1, 0.15) is 0 Å². The SMILES string of the molecule is C=CC(=O)Nc1cc(-c2nc(N3CCOCC3)c3sc(CN4CCN(S(C)(=O)=O)CC4)cc3n2)c2cn[nH]c2c1. The van der Waals surface area contributed by atoms with Crippen molar-refractivity contribution in [2.45, 2.75) is 6.54 Å². The molecule has 14 heteroatoms. The van der Waals surface area contributed by atoms with Gasteiger partial charge in [-0.25, -0.2) is 18.4 Å². The van der Waals surface area contributed by atoms with Crippen LogP contribution < -0.4 is 10.2 Å². The topological polar surface area (TPSA) is 137 Å². The molecule has 3 aromatic heterocycles. The zero-order chi connectivity index (χ0) is 27.9. The average Bonchev–Trinajstić information content (AvgIpc) is 3.59. The minimum atomic E-state index is -3.17. The molecule has 2 aliphatic heterocycles. The summed E-state index contributed by atoms with van der Waals surface area (Å²) in [5.41, 5.74) is 2.95. The molecule has 0 bridgehead atoms. The highest BCUT2D eigenvalue weighted by Crippen LogP contribution is 2.37. The second-order valence-electron chi connectivity index (χ2n) is 9.88. The van der Waals surface area contributed by atoms with Gasteiger partial charge in [-0.3, -0.25) is 14.8 Å². The van der Waals surface area contributed by atoms with E-state index in [-0.39, 0.29) is 5.91 Å². The summed E-state index contributed by atoms with van der Waals surface area (Å²) in [5, 5.41) is 10.9. The Bertz CT molecular complexity index is 1690. The average molecular weight is 583 g/mol. The van der Waals surface area contributed by atoms with Crippen LogP contribution in [0.4, 0.5) is 11.5 Å². The van der Waals surface area contributed by atoms with E-state index >= 15 is 0 Å². The number of thiophene rings is 1. The van der Waals surface area contributed by atoms with Crippen LogP contribution in [-0.2, 0) is 26.1 Å². The maximum Gasteiger partial charge on any atom is 0.247 e. The van der Waals surface area contributed by atoms with Gasteiger partial charge in [0.2, 0.25) is 15.9 Å². The van der Waals surface area contributed by atoms with E-state index in [1.54, 1.807) is 17.5 Å². The maximum absolute atomic E-state index is 12.0. The fraction of sp³-hybridized carbons (Fsp3) is 0.385. The molecule has 6 rings (SSSR count). The highest BCUT2D eigenvalue weighted by Gasteiger charge is 2.25. The molecule has 210 valence electrons. The molecule has 2 N–H and O–H groups in total. The summed E-state index contributed by atoms with van der Waals surface area (Å²) >= 11 is 1.67. The third-order valence-corrected chi connectivity index (χ3v) is 9.56. The molecule has 2 fully saturated rings. The number of benzene rings is 1. The molecule has 5 heterocycles. The standard InChI is InChI=1S/C26H30N8O4S2/c1-3-23(35)28-17-12-19(20-15-27-31-21(20)13-17)25-29-22-14-18(16-32-4-6-34(7-5-32)40(2,36)37)39-24(22)26(30-25)33-8-10-38-11-9-33/h3,12-15H,1,4-11,16H2,2H3,(H,27,31)(H,28,35). The summed E-state index contributed by atoms with van der Waals surface area (Å²) in [6.45, 7) is 9.29. The van der Waals surface area contributed by atoms with Gasteiger partial charge in [-0.1, -0.05) is 6.58 Å². The zero-order valence-corrected chi connectivity index (χ0v) is 23.7. The lowest BCUT2D eigenvalue weighted by Crippen LogP contribution is -2.47. The number of hydrogen-bond acceptors (Lipinski definition) is 10. The van der Waals surface area contributed by atoms with Crippen molar-refractivity contribution < 1.29 is 17.9 Å². The Morgan fingerprint density at radius 2 is 1.93 bits per heavy atom. The van der Waals surface area contributed by atoms with E-state index in [0.717, 1.165) is 50.5 Å². The first kappa shape index (κ1) is 26.8. The maximum atomic E-state index is 12.0. The van der Waals surface area contributed by atoms with Gasteiger partial charge < -0.3 is 15.0 Å². The van der Waals surface area contributed by atoms with Gasteiger partial charge in [0.15, 0.2) is 11.6 Å². The third-order valence-electron chi connectivity index (χ3n) is 7.15. The Balaban J connectivity index is 1.39. The van der Waals surface area contributed by atoms with Crippen molar-refractivity contribution in [2.24, 2.45) is 0 Å². The van der Waals surface area contributed by atoms with Crippen LogP contribution in [0.5, 0.6) is 0 Å². The Morgan fingerprint density at radius 3 is 2.65 bits per heavy atom. The summed E-state index contributed by atoms with van der Waals surface area (Å²) in [7, 11) is -3.17. The number of hydrogen-bond donors (Lipinski definition) is 2. The molecule has 0 atom stereocenters. The molecule has 40 heavy (non-hydrogen) atoms. The molecule has 0 saturated carbocycles. The van der Waals surface area contributed by atoms with E-state index in [0.29, 0.717) is 57.4 Å². The summed E-state index contributed by atoms with van der Waals surface area (Å²) in [5.74, 6) is 1.09. The molecular weight excluding hydrogens is 552 g/mol. The number of carbonyl (C=O) groups is 1. The van der Waals surface area contributed by atoms with Gasteiger partial charge in [0.25, 0.3) is 0 Å². The minimum Gasteiger partial charge on any atom is -0.378 e. The number of H-pyrrole nitrogens is 1. The minimum absolute atomic E-state index is 0.310. The molecule has 1 aromatic carbocycles. The quantitative estimate of drug-likeness (QED) is 0.315. The van der Waals surface area contributed by atoms with Crippen molar-refractivity contribution in [3.05, 3.63) is 41.9 Å². The first-order valence-electron chi connectivity index (χ1n) is 13.0. The Labute approximate surface area is 235 Å². The number of nitrogens with zero attached hydrogens (tertiary/aromatic N) is 6. The van der Waals surface area contributed by atoms with Crippen LogP contribution in [-0.4, -0.2) is 102 Å². The van der Waals surface area contributed by atoms with Gasteiger partial charge >= 0.3 is 0 Å². The predicted octanol–water partition coefficient (Wildman–Crippen LogP) is 2.27. The predicted molar refractivity (Wildman–Crippen MR) is 156 cm³/mol. The van der Waals surface area contributed by atoms with E-state index in [2.05, 4.69) is 38.0 Å². The molecule has 4 aromatic rings. The molecule has 2 aliphatic rings. The number of anilines is 2. The number of ether oxygens (including phenoxy) is 1. The monoisotopic (exact) mass is 582 g/mol. The number of carbonyl (C=O) groups excluding carboxylic acids is 1. The van der Waals surface area contributed by atoms with E-state index in [9.17, 15) is 13.2 Å². The van der Waals surface area contributed by atoms with Crippen LogP contribution in [0.1, 0.15) is 4.88 Å². The highest BCUT2D eigenvalue weighted by atomic mass is 32.2. The van der Waals surface area contributed by atoms with Crippen molar-refractivity contribution in [3.63, 3.8) is 0 Å². The van der Waals surface area contributed by atoms with E-state index in [4.69, 9.17) is 14.7 Å². The molecule has 12 nitrogen and oxygen atoms in total. The molecule has 0 unspecified atom stereocenters. The van der Waals surface area contributed by atoms with Crippen molar-refractivity contribution in [1.82, 2.24) is 29.4 Å². The van der Waals surface area contributed by atoms with Crippen LogP contribution >= 0.6 is 11.3 Å². The molecule has 2 saturated heterocycles. The largest absolute Gasteiger partial charge is 0.378 e. The smallest absolute Gasteiger partial charge is 0.247 e. The zero-order valence-electron chi connectivity index (χ0n) is 22.1. The molecule has 0 spiro atoms. The Kier molecular flexibility index (Phi) is 7.27. The summed E-state index contributed by atoms with van der Waals surface area (Å²) in [4.78, 5) is 27.7. The van der Waals surface area contributed by atoms with Crippen LogP contribution in [0, 0.1) is 0 Å². The number of sulfonamides is 1. The van der Waals surface area contributed by atoms with Crippen LogP contribution in [0.3, 0.4) is 0 Å². The lowest BCUT2D eigenvalue weighted by Gasteiger charge is -2.32. The van der Waals surface area contributed by atoms with Crippen LogP contribution in [0.25, 0.3) is 32.5 Å². The van der Waals surface area contributed by atoms with Gasteiger partial charge in [0, 0.05) is 67.3 Å². The number of piperazine rings is 1. The van der Waals surface area contributed by atoms with Gasteiger partial charge in [-0.05, 0) is 24.3 Å². The van der Waals surface area contributed by atoms with Gasteiger partial charge in [-0.15, -0.1) is 11.3 Å². The molecule has 0 aliphatic carbocycles. The summed E-state index contributed by atoms with van der Waals surface area (Å²) in [6.07, 6.45) is 4.23. The highest BCUT2D eigenvalue weighted by molar-refractivity contribution is 7.88. The number of aromatic amines is 1. The van der Waals surface area contributed by atoms with Crippen molar-refractivity contribution in [1.29, 1.82) is 0 Å². The number of rotatable bonds is 7. The molecular formula is C26H30N8O4S2. The van der Waals surface area contributed by atoms with E-state index in [1.807, 2.05) is 12.1 Å². The number of fused-ring (bicyclic) bond motifs is 2. The van der Waals surface area contributed by atoms with Crippen LogP contribution in [0.2, 0.25) is 0 Å². The second kappa shape index (κ2) is 10.9. The number of amides is 1. The fourth-order valence-corrected chi connectivity index (χ4v) is 7.08. The first-order chi connectivity index (χ1) is 19.3. The summed E-state index contributed by atoms with van der Waals surface area (Å²) < 4.78 is 32.0. The van der Waals surface area contributed by atoms with Crippen molar-refractivity contribution in [3.8, 4) is 11.4 Å². The number of aromatic nitrogens is 4. The van der Waals surface area contributed by atoms with E-state index < -0.39 is 10.0 Å². The van der Waals surface area contributed by atoms with Crippen molar-refractivity contribution >= 4 is 59.9 Å². The van der Waals surface area contributed by atoms with Crippen molar-refractivity contribution in [2.75, 3.05) is 69.0 Å².